The minimum Gasteiger partial charge on any atom is -0.396 e. The lowest BCUT2D eigenvalue weighted by atomic mass is 10.0. The number of carbonyl (C=O) groups excluding carboxylic acids is 1. The number of nitrogens with zero attached hydrogens (tertiary/aromatic N) is 1. The monoisotopic (exact) mass is 230 g/mol. The smallest absolute Gasteiger partial charge is 0.222 e. The zero-order valence-corrected chi connectivity index (χ0v) is 10.6. The van der Waals surface area contributed by atoms with Crippen LogP contribution >= 0.6 is 0 Å². The summed E-state index contributed by atoms with van der Waals surface area (Å²) in [6.45, 7) is 3.66. The standard InChI is InChI=1S/C12H26N2O2/c1-3-11(10-13)9-12(16)14(2)7-5-4-6-8-15/h11,15H,3-10,13H2,1-2H3. The fraction of sp³-hybridized carbons (Fsp3) is 0.917. The lowest BCUT2D eigenvalue weighted by molar-refractivity contribution is -0.130. The fourth-order valence-electron chi connectivity index (χ4n) is 1.56. The van der Waals surface area contributed by atoms with Crippen LogP contribution in [0.3, 0.4) is 0 Å². The molecule has 0 rings (SSSR count). The van der Waals surface area contributed by atoms with E-state index in [0.29, 0.717) is 18.9 Å². The number of aliphatic hydroxyl groups excluding tert-OH is 1. The van der Waals surface area contributed by atoms with Crippen molar-refractivity contribution in [3.05, 3.63) is 0 Å². The van der Waals surface area contributed by atoms with Crippen molar-refractivity contribution in [2.45, 2.75) is 39.0 Å². The van der Waals surface area contributed by atoms with Gasteiger partial charge in [0.15, 0.2) is 0 Å². The second-order valence-corrected chi connectivity index (χ2v) is 4.31. The Balaban J connectivity index is 3.72. The molecule has 96 valence electrons. The summed E-state index contributed by atoms with van der Waals surface area (Å²) in [6.07, 6.45) is 4.27. The predicted octanol–water partition coefficient (Wildman–Crippen LogP) is 0.982. The third-order valence-electron chi connectivity index (χ3n) is 2.95. The van der Waals surface area contributed by atoms with Crippen LogP contribution in [0.15, 0.2) is 0 Å². The molecule has 0 aliphatic carbocycles. The van der Waals surface area contributed by atoms with Crippen LogP contribution in [-0.4, -0.2) is 42.7 Å². The molecule has 0 aliphatic rings. The Hall–Kier alpha value is -0.610. The van der Waals surface area contributed by atoms with Crippen LogP contribution in [0, 0.1) is 5.92 Å². The number of hydrogen-bond acceptors (Lipinski definition) is 3. The topological polar surface area (TPSA) is 66.6 Å². The minimum atomic E-state index is 0.182. The molecule has 0 saturated carbocycles. The number of carbonyl (C=O) groups is 1. The predicted molar refractivity (Wildman–Crippen MR) is 66.0 cm³/mol. The lowest BCUT2D eigenvalue weighted by Crippen LogP contribution is -2.31. The third kappa shape index (κ3) is 6.80. The van der Waals surface area contributed by atoms with Crippen molar-refractivity contribution in [1.82, 2.24) is 4.90 Å². The summed E-state index contributed by atoms with van der Waals surface area (Å²) in [5, 5.41) is 8.63. The quantitative estimate of drug-likeness (QED) is 0.580. The molecule has 0 bridgehead atoms. The first-order valence-electron chi connectivity index (χ1n) is 6.20. The van der Waals surface area contributed by atoms with E-state index in [9.17, 15) is 4.79 Å². The number of aliphatic hydroxyl groups is 1. The van der Waals surface area contributed by atoms with Gasteiger partial charge in [0.1, 0.15) is 0 Å². The van der Waals surface area contributed by atoms with E-state index in [1.165, 1.54) is 0 Å². The van der Waals surface area contributed by atoms with Gasteiger partial charge in [0.05, 0.1) is 0 Å². The van der Waals surface area contributed by atoms with Gasteiger partial charge in [-0.1, -0.05) is 13.3 Å². The molecule has 1 atom stereocenters. The van der Waals surface area contributed by atoms with Crippen molar-refractivity contribution < 1.29 is 9.90 Å². The second-order valence-electron chi connectivity index (χ2n) is 4.31. The average Bonchev–Trinajstić information content (AvgIpc) is 2.30. The maximum absolute atomic E-state index is 11.8. The minimum absolute atomic E-state index is 0.182. The highest BCUT2D eigenvalue weighted by Crippen LogP contribution is 2.08. The van der Waals surface area contributed by atoms with Gasteiger partial charge in [-0.3, -0.25) is 4.79 Å². The van der Waals surface area contributed by atoms with Crippen LogP contribution in [0.1, 0.15) is 39.0 Å². The second kappa shape index (κ2) is 9.60. The van der Waals surface area contributed by atoms with Gasteiger partial charge in [-0.05, 0) is 31.7 Å². The third-order valence-corrected chi connectivity index (χ3v) is 2.95. The molecule has 1 amide bonds. The van der Waals surface area contributed by atoms with Crippen molar-refractivity contribution in [1.29, 1.82) is 0 Å². The summed E-state index contributed by atoms with van der Waals surface area (Å²) in [7, 11) is 1.84. The highest BCUT2D eigenvalue weighted by molar-refractivity contribution is 5.76. The van der Waals surface area contributed by atoms with Crippen LogP contribution in [0.25, 0.3) is 0 Å². The van der Waals surface area contributed by atoms with E-state index in [4.69, 9.17) is 10.8 Å². The van der Waals surface area contributed by atoms with Crippen LogP contribution in [0.5, 0.6) is 0 Å². The number of unbranched alkanes of at least 4 members (excludes halogenated alkanes) is 2. The molecule has 0 spiro atoms. The summed E-state index contributed by atoms with van der Waals surface area (Å²) in [5.74, 6) is 0.494. The van der Waals surface area contributed by atoms with Gasteiger partial charge in [-0.15, -0.1) is 0 Å². The number of rotatable bonds is 9. The van der Waals surface area contributed by atoms with Gasteiger partial charge in [-0.25, -0.2) is 0 Å². The molecule has 0 radical (unpaired) electrons. The van der Waals surface area contributed by atoms with Crippen LogP contribution in [0.4, 0.5) is 0 Å². The van der Waals surface area contributed by atoms with Gasteiger partial charge in [0.2, 0.25) is 5.91 Å². The Morgan fingerprint density at radius 3 is 2.56 bits per heavy atom. The fourth-order valence-corrected chi connectivity index (χ4v) is 1.56. The molecule has 0 heterocycles. The van der Waals surface area contributed by atoms with E-state index >= 15 is 0 Å². The molecule has 16 heavy (non-hydrogen) atoms. The van der Waals surface area contributed by atoms with Crippen molar-refractivity contribution in [2.24, 2.45) is 11.7 Å². The van der Waals surface area contributed by atoms with Gasteiger partial charge in [0.25, 0.3) is 0 Å². The van der Waals surface area contributed by atoms with Crippen molar-refractivity contribution in [2.75, 3.05) is 26.7 Å². The Kier molecular flexibility index (Phi) is 9.24. The molecule has 0 aromatic carbocycles. The molecule has 3 N–H and O–H groups in total. The van der Waals surface area contributed by atoms with Crippen molar-refractivity contribution in [3.63, 3.8) is 0 Å². The highest BCUT2D eigenvalue weighted by Gasteiger charge is 2.13. The van der Waals surface area contributed by atoms with E-state index < -0.39 is 0 Å². The van der Waals surface area contributed by atoms with Crippen LogP contribution in [-0.2, 0) is 4.79 Å². The Labute approximate surface area is 98.8 Å². The zero-order chi connectivity index (χ0) is 12.4. The van der Waals surface area contributed by atoms with Gasteiger partial charge in [0, 0.05) is 26.6 Å². The van der Waals surface area contributed by atoms with Gasteiger partial charge < -0.3 is 15.7 Å². The number of nitrogens with two attached hydrogens (primary N) is 1. The SMILES string of the molecule is CCC(CN)CC(=O)N(C)CCCCCO. The van der Waals surface area contributed by atoms with E-state index in [1.54, 1.807) is 4.90 Å². The zero-order valence-electron chi connectivity index (χ0n) is 10.6. The van der Waals surface area contributed by atoms with E-state index in [2.05, 4.69) is 6.92 Å². The lowest BCUT2D eigenvalue weighted by Gasteiger charge is -2.20. The average molecular weight is 230 g/mol. The Bertz CT molecular complexity index is 182. The molecular formula is C12H26N2O2. The van der Waals surface area contributed by atoms with Crippen molar-refractivity contribution >= 4 is 5.91 Å². The highest BCUT2D eigenvalue weighted by atomic mass is 16.2. The first kappa shape index (κ1) is 15.4. The molecule has 0 saturated heterocycles. The summed E-state index contributed by atoms with van der Waals surface area (Å²) >= 11 is 0. The molecule has 0 aromatic heterocycles. The Morgan fingerprint density at radius 1 is 1.38 bits per heavy atom. The van der Waals surface area contributed by atoms with Crippen LogP contribution < -0.4 is 5.73 Å². The van der Waals surface area contributed by atoms with E-state index in [0.717, 1.165) is 32.2 Å². The molecule has 4 heteroatoms. The first-order valence-corrected chi connectivity index (χ1v) is 6.20. The maximum Gasteiger partial charge on any atom is 0.222 e. The molecule has 1 unspecified atom stereocenters. The summed E-state index contributed by atoms with van der Waals surface area (Å²) in [4.78, 5) is 13.5. The van der Waals surface area contributed by atoms with Crippen LogP contribution in [0.2, 0.25) is 0 Å². The largest absolute Gasteiger partial charge is 0.396 e. The summed E-state index contributed by atoms with van der Waals surface area (Å²) in [5.41, 5.74) is 5.57. The Morgan fingerprint density at radius 2 is 2.06 bits per heavy atom. The van der Waals surface area contributed by atoms with E-state index in [1.807, 2.05) is 7.05 Å². The molecular weight excluding hydrogens is 204 g/mol. The number of hydrogen-bond donors (Lipinski definition) is 2. The summed E-state index contributed by atoms with van der Waals surface area (Å²) in [6, 6.07) is 0. The molecule has 0 fully saturated rings. The molecule has 4 nitrogen and oxygen atoms in total. The molecule has 0 aromatic rings. The molecule has 0 aliphatic heterocycles. The van der Waals surface area contributed by atoms with Gasteiger partial charge in [-0.2, -0.15) is 0 Å². The van der Waals surface area contributed by atoms with Crippen molar-refractivity contribution in [3.8, 4) is 0 Å². The normalized spacial score (nSPS) is 12.5. The first-order chi connectivity index (χ1) is 7.65. The van der Waals surface area contributed by atoms with E-state index in [-0.39, 0.29) is 12.5 Å². The number of amides is 1. The maximum atomic E-state index is 11.8. The van der Waals surface area contributed by atoms with Gasteiger partial charge >= 0.3 is 0 Å². The summed E-state index contributed by atoms with van der Waals surface area (Å²) < 4.78 is 0.